The van der Waals surface area contributed by atoms with Gasteiger partial charge in [-0.2, -0.15) is 33.2 Å². The van der Waals surface area contributed by atoms with Gasteiger partial charge >= 0.3 is 23.9 Å². The van der Waals surface area contributed by atoms with Gasteiger partial charge in [-0.05, 0) is 31.2 Å². The zero-order chi connectivity index (χ0) is 33.0. The number of halogens is 6. The molecule has 0 bridgehead atoms. The van der Waals surface area contributed by atoms with Crippen molar-refractivity contribution in [3.05, 3.63) is 79.2 Å². The van der Waals surface area contributed by atoms with Gasteiger partial charge in [0.05, 0.1) is 32.7 Å². The molecule has 0 aliphatic carbocycles. The van der Waals surface area contributed by atoms with E-state index in [0.717, 1.165) is 10.9 Å². The Morgan fingerprint density at radius 1 is 1.09 bits per heavy atom. The van der Waals surface area contributed by atoms with Crippen LogP contribution in [-0.2, 0) is 16.2 Å². The van der Waals surface area contributed by atoms with Crippen molar-refractivity contribution in [1.29, 1.82) is 0 Å². The van der Waals surface area contributed by atoms with Crippen LogP contribution in [0.25, 0.3) is 5.69 Å². The first-order valence-electron chi connectivity index (χ1n) is 11.3. The van der Waals surface area contributed by atoms with Gasteiger partial charge in [0.1, 0.15) is 22.6 Å². The summed E-state index contributed by atoms with van der Waals surface area (Å²) in [6, 6.07) is 5.94. The van der Waals surface area contributed by atoms with E-state index in [4.69, 9.17) is 45.3 Å². The number of nitrogens with one attached hydrogen (secondary N) is 2. The Kier molecular flexibility index (Phi) is 10.4. The minimum absolute atomic E-state index is 0.00882. The second-order valence-electron chi connectivity index (χ2n) is 8.05. The van der Waals surface area contributed by atoms with Crippen molar-refractivity contribution in [1.82, 2.24) is 29.5 Å². The molecule has 2 amide bonds. The molecular formula is C22H17Cl3F3N9O6S. The fraction of sp³-hybridized carbons (Fsp3) is 0.136. The van der Waals surface area contributed by atoms with E-state index in [2.05, 4.69) is 25.4 Å². The second-order valence-corrected chi connectivity index (χ2v) is 10.9. The molecule has 0 radical (unpaired) electrons. The van der Waals surface area contributed by atoms with E-state index >= 15 is 0 Å². The molecule has 2 heterocycles. The summed E-state index contributed by atoms with van der Waals surface area (Å²) in [5, 5.41) is 15.7. The first-order chi connectivity index (χ1) is 20.4. The van der Waals surface area contributed by atoms with E-state index < -0.39 is 44.2 Å². The number of benzene rings is 2. The molecule has 0 spiro atoms. The summed E-state index contributed by atoms with van der Waals surface area (Å²) in [7, 11) is -2.78. The minimum Gasteiger partial charge on any atom is -0.467 e. The van der Waals surface area contributed by atoms with Gasteiger partial charge in [0, 0.05) is 0 Å². The highest BCUT2D eigenvalue weighted by atomic mass is 35.5. The Labute approximate surface area is 260 Å². The summed E-state index contributed by atoms with van der Waals surface area (Å²) in [4.78, 5) is 33.0. The maximum Gasteiger partial charge on any atom is 0.416 e. The highest BCUT2D eigenvalue weighted by Crippen LogP contribution is 2.39. The van der Waals surface area contributed by atoms with Gasteiger partial charge < -0.3 is 10.5 Å². The summed E-state index contributed by atoms with van der Waals surface area (Å²) in [5.74, 6) is -0.258. The molecule has 4 rings (SSSR count). The van der Waals surface area contributed by atoms with E-state index in [-0.39, 0.29) is 37.6 Å². The molecule has 0 unspecified atom stereocenters. The van der Waals surface area contributed by atoms with Crippen molar-refractivity contribution >= 4 is 68.3 Å². The Morgan fingerprint density at radius 2 is 1.70 bits per heavy atom. The molecule has 0 saturated heterocycles. The third-order valence-electron chi connectivity index (χ3n) is 5.03. The molecular weight excluding hydrogens is 682 g/mol. The lowest BCUT2D eigenvalue weighted by molar-refractivity contribution is -0.383. The molecule has 44 heavy (non-hydrogen) atoms. The molecule has 22 heteroatoms. The first-order valence-corrected chi connectivity index (χ1v) is 14.0. The third-order valence-corrected chi connectivity index (χ3v) is 7.43. The number of anilines is 2. The lowest BCUT2D eigenvalue weighted by Gasteiger charge is -2.12. The molecule has 0 fully saturated rings. The SMILES string of the molecule is COc1nc(C)nc(NC(=O)NS(=O)(=O)c2ccccc2Cl)n1.Nc1c([N+](=O)[O-])cnn1-c1c(Cl)cc(C(F)(F)F)cc1Cl. The van der Waals surface area contributed by atoms with Gasteiger partial charge in [-0.1, -0.05) is 46.9 Å². The number of urea groups is 1. The zero-order valence-electron chi connectivity index (χ0n) is 21.9. The van der Waals surface area contributed by atoms with Crippen molar-refractivity contribution in [3.63, 3.8) is 0 Å². The molecule has 0 aliphatic rings. The highest BCUT2D eigenvalue weighted by molar-refractivity contribution is 7.90. The highest BCUT2D eigenvalue weighted by Gasteiger charge is 2.33. The molecule has 234 valence electrons. The van der Waals surface area contributed by atoms with Crippen molar-refractivity contribution in [2.45, 2.75) is 18.0 Å². The Balaban J connectivity index is 0.000000241. The van der Waals surface area contributed by atoms with Crippen molar-refractivity contribution in [2.75, 3.05) is 18.2 Å². The van der Waals surface area contributed by atoms with Gasteiger partial charge in [0.15, 0.2) is 0 Å². The van der Waals surface area contributed by atoms with Gasteiger partial charge in [-0.3, -0.25) is 15.4 Å². The summed E-state index contributed by atoms with van der Waals surface area (Å²) >= 11 is 17.3. The third kappa shape index (κ3) is 8.13. The topological polar surface area (TPSA) is 210 Å². The average molecular weight is 699 g/mol. The molecule has 2 aromatic heterocycles. The first kappa shape index (κ1) is 34.0. The Hall–Kier alpha value is -4.46. The van der Waals surface area contributed by atoms with Crippen LogP contribution in [0.3, 0.4) is 0 Å². The summed E-state index contributed by atoms with van der Waals surface area (Å²) in [6.07, 6.45) is -3.78. The monoisotopic (exact) mass is 697 g/mol. The number of alkyl halides is 3. The summed E-state index contributed by atoms with van der Waals surface area (Å²) < 4.78 is 69.5. The van der Waals surface area contributed by atoms with E-state index in [1.807, 2.05) is 4.72 Å². The van der Waals surface area contributed by atoms with Crippen LogP contribution in [0.15, 0.2) is 47.5 Å². The van der Waals surface area contributed by atoms with Gasteiger partial charge in [0.25, 0.3) is 10.0 Å². The number of nitro groups is 1. The molecule has 4 aromatic rings. The predicted octanol–water partition coefficient (Wildman–Crippen LogP) is 5.04. The number of hydrogen-bond acceptors (Lipinski definition) is 11. The molecule has 0 atom stereocenters. The molecule has 2 aromatic carbocycles. The number of nitrogen functional groups attached to an aromatic ring is 1. The second kappa shape index (κ2) is 13.5. The van der Waals surface area contributed by atoms with Crippen LogP contribution in [0, 0.1) is 17.0 Å². The van der Waals surface area contributed by atoms with Gasteiger partial charge in [-0.15, -0.1) is 0 Å². The standard InChI is InChI=1S/C12H12ClN5O4S.C10H5Cl2F3N4O2/c1-7-14-10(17-12(15-7)22-2)16-11(19)18-23(20,21)9-6-4-3-5-8(9)13;11-5-1-4(10(13,14)15)2-6(12)8(5)18-9(16)7(3-17-18)19(20)21/h3-6H,1-2H3,(H2,14,15,16,17,18,19);1-3H,16H2. The number of nitrogens with two attached hydrogens (primary N) is 1. The van der Waals surface area contributed by atoms with Crippen LogP contribution in [0.1, 0.15) is 11.4 Å². The van der Waals surface area contributed by atoms with E-state index in [0.29, 0.717) is 18.0 Å². The van der Waals surface area contributed by atoms with E-state index in [1.54, 1.807) is 13.0 Å². The minimum atomic E-state index is -4.63. The maximum atomic E-state index is 12.6. The normalized spacial score (nSPS) is 11.3. The maximum absolute atomic E-state index is 12.6. The van der Waals surface area contributed by atoms with Gasteiger partial charge in [0.2, 0.25) is 11.8 Å². The average Bonchev–Trinajstić information content (AvgIpc) is 3.28. The van der Waals surface area contributed by atoms with E-state index in [9.17, 15) is 36.5 Å². The number of aryl methyl sites for hydroxylation is 1. The lowest BCUT2D eigenvalue weighted by atomic mass is 10.2. The molecule has 4 N–H and O–H groups in total. The van der Waals surface area contributed by atoms with Crippen LogP contribution in [0.4, 0.5) is 35.4 Å². The molecule has 0 aliphatic heterocycles. The number of nitrogens with zero attached hydrogens (tertiary/aromatic N) is 6. The number of sulfonamides is 1. The quantitative estimate of drug-likeness (QED) is 0.179. The Morgan fingerprint density at radius 3 is 2.23 bits per heavy atom. The van der Waals surface area contributed by atoms with Crippen molar-refractivity contribution < 1.29 is 36.0 Å². The molecule has 0 saturated carbocycles. The fourth-order valence-corrected chi connectivity index (χ4v) is 5.25. The Bertz CT molecular complexity index is 1820. The number of hydrogen-bond donors (Lipinski definition) is 3. The van der Waals surface area contributed by atoms with Crippen LogP contribution < -0.4 is 20.5 Å². The smallest absolute Gasteiger partial charge is 0.416 e. The zero-order valence-corrected chi connectivity index (χ0v) is 25.0. The number of ether oxygens (including phenoxy) is 1. The van der Waals surface area contributed by atoms with Crippen LogP contribution in [0.5, 0.6) is 6.01 Å². The summed E-state index contributed by atoms with van der Waals surface area (Å²) in [6.45, 7) is 1.56. The predicted molar refractivity (Wildman–Crippen MR) is 152 cm³/mol. The number of aromatic nitrogens is 5. The lowest BCUT2D eigenvalue weighted by Crippen LogP contribution is -2.35. The fourth-order valence-electron chi connectivity index (χ4n) is 3.17. The number of carbonyl (C=O) groups excluding carboxylic acids is 1. The van der Waals surface area contributed by atoms with Crippen LogP contribution in [-0.4, -0.2) is 51.2 Å². The molecule has 15 nitrogen and oxygen atoms in total. The number of methoxy groups -OCH3 is 1. The number of rotatable bonds is 6. The van der Waals surface area contributed by atoms with Crippen LogP contribution in [0.2, 0.25) is 15.1 Å². The summed E-state index contributed by atoms with van der Waals surface area (Å²) in [5.41, 5.74) is 3.78. The number of carbonyl (C=O) groups is 1. The van der Waals surface area contributed by atoms with E-state index in [1.165, 1.54) is 25.3 Å². The largest absolute Gasteiger partial charge is 0.467 e. The number of amides is 2. The van der Waals surface area contributed by atoms with Crippen LogP contribution >= 0.6 is 34.8 Å². The van der Waals surface area contributed by atoms with Gasteiger partial charge in [-0.25, -0.2) is 22.6 Å². The van der Waals surface area contributed by atoms with Crippen molar-refractivity contribution in [2.24, 2.45) is 0 Å². The van der Waals surface area contributed by atoms with Crippen molar-refractivity contribution in [3.8, 4) is 11.7 Å².